The number of hydrogen-bond donors (Lipinski definition) is 0. The van der Waals surface area contributed by atoms with Crippen LogP contribution >= 0.6 is 0 Å². The summed E-state index contributed by atoms with van der Waals surface area (Å²) in [5.41, 5.74) is 4.95. The third-order valence-corrected chi connectivity index (χ3v) is 8.27. The summed E-state index contributed by atoms with van der Waals surface area (Å²) in [6.45, 7) is 0. The smallest absolute Gasteiger partial charge is 0.167 e. The van der Waals surface area contributed by atoms with Gasteiger partial charge >= 0.3 is 0 Å². The molecule has 7 aromatic carbocycles. The van der Waals surface area contributed by atoms with Gasteiger partial charge in [-0.15, -0.1) is 0 Å². The number of ether oxygens (including phenoxy) is 1. The molecule has 0 unspecified atom stereocenters. The van der Waals surface area contributed by atoms with Gasteiger partial charge in [0.1, 0.15) is 11.5 Å². The first-order valence-electron chi connectivity index (χ1n) is 14.4. The van der Waals surface area contributed by atoms with E-state index in [1.54, 1.807) is 0 Å². The molecule has 8 aromatic rings. The summed E-state index contributed by atoms with van der Waals surface area (Å²) in [4.78, 5) is 15.1. The van der Waals surface area contributed by atoms with E-state index in [-0.39, 0.29) is 0 Å². The second-order valence-electron chi connectivity index (χ2n) is 10.8. The van der Waals surface area contributed by atoms with Gasteiger partial charge in [0.25, 0.3) is 0 Å². The molecule has 0 saturated heterocycles. The van der Waals surface area contributed by atoms with Crippen molar-refractivity contribution in [2.45, 2.75) is 0 Å². The van der Waals surface area contributed by atoms with Gasteiger partial charge in [0.2, 0.25) is 0 Å². The number of nitrogens with zero attached hydrogens (tertiary/aromatic N) is 3. The van der Waals surface area contributed by atoms with Crippen LogP contribution in [0.15, 0.2) is 140 Å². The summed E-state index contributed by atoms with van der Waals surface area (Å²) in [5, 5.41) is 6.93. The molecule has 4 heteroatoms. The second-order valence-corrected chi connectivity index (χ2v) is 10.8. The van der Waals surface area contributed by atoms with Crippen molar-refractivity contribution in [3.05, 3.63) is 140 Å². The normalized spacial score (nSPS) is 11.9. The predicted molar refractivity (Wildman–Crippen MR) is 174 cm³/mol. The Kier molecular flexibility index (Phi) is 5.16. The Morgan fingerprint density at radius 2 is 0.930 bits per heavy atom. The maximum Gasteiger partial charge on any atom is 0.167 e. The molecule has 0 saturated carbocycles. The molecule has 2 heterocycles. The zero-order chi connectivity index (χ0) is 28.3. The molecule has 0 fully saturated rings. The molecular formula is C39H23N3O. The van der Waals surface area contributed by atoms with Crippen molar-refractivity contribution >= 4 is 32.3 Å². The maximum absolute atomic E-state index is 6.74. The minimum atomic E-state index is 0.578. The summed E-state index contributed by atoms with van der Waals surface area (Å²) in [6.07, 6.45) is 0. The zero-order valence-electron chi connectivity index (χ0n) is 23.0. The SMILES string of the molecule is c1ccc(-c2cccc(-c3nc(-c4ccccc4)nc(-c4ccc5ccc6ccc7cccc8c7c6c5c4O8)n3)c2)cc1. The van der Waals surface area contributed by atoms with Crippen molar-refractivity contribution in [1.82, 2.24) is 15.0 Å². The fourth-order valence-corrected chi connectivity index (χ4v) is 6.23. The largest absolute Gasteiger partial charge is 0.455 e. The van der Waals surface area contributed by atoms with Crippen LogP contribution in [0, 0.1) is 0 Å². The first kappa shape index (κ1) is 23.8. The van der Waals surface area contributed by atoms with Crippen molar-refractivity contribution in [1.29, 1.82) is 0 Å². The average molecular weight is 550 g/mol. The van der Waals surface area contributed by atoms with Crippen LogP contribution in [0.5, 0.6) is 11.5 Å². The predicted octanol–water partition coefficient (Wildman–Crippen LogP) is 10.1. The topological polar surface area (TPSA) is 47.9 Å². The van der Waals surface area contributed by atoms with Crippen LogP contribution in [-0.2, 0) is 0 Å². The lowest BCUT2D eigenvalue weighted by Gasteiger charge is -2.22. The first-order valence-corrected chi connectivity index (χ1v) is 14.4. The van der Waals surface area contributed by atoms with Gasteiger partial charge in [0.05, 0.1) is 5.56 Å². The molecule has 0 spiro atoms. The third-order valence-electron chi connectivity index (χ3n) is 8.27. The molecule has 43 heavy (non-hydrogen) atoms. The van der Waals surface area contributed by atoms with E-state index in [9.17, 15) is 0 Å². The van der Waals surface area contributed by atoms with E-state index in [1.807, 2.05) is 48.5 Å². The van der Waals surface area contributed by atoms with Crippen LogP contribution in [0.4, 0.5) is 0 Å². The van der Waals surface area contributed by atoms with Crippen LogP contribution in [0.25, 0.3) is 77.6 Å². The van der Waals surface area contributed by atoms with Crippen molar-refractivity contribution in [3.8, 4) is 56.8 Å². The molecule has 1 aromatic heterocycles. The lowest BCUT2D eigenvalue weighted by Crippen LogP contribution is -2.03. The van der Waals surface area contributed by atoms with Crippen LogP contribution in [0.1, 0.15) is 0 Å². The van der Waals surface area contributed by atoms with Gasteiger partial charge in [0, 0.05) is 27.3 Å². The molecule has 0 radical (unpaired) electrons. The second kappa shape index (κ2) is 9.33. The fraction of sp³-hybridized carbons (Fsp3) is 0. The monoisotopic (exact) mass is 549 g/mol. The van der Waals surface area contributed by atoms with Gasteiger partial charge in [-0.2, -0.15) is 0 Å². The molecule has 0 atom stereocenters. The minimum absolute atomic E-state index is 0.578. The average Bonchev–Trinajstić information content (AvgIpc) is 3.09. The van der Waals surface area contributed by atoms with Crippen LogP contribution in [0.2, 0.25) is 0 Å². The Bertz CT molecular complexity index is 2360. The van der Waals surface area contributed by atoms with Crippen LogP contribution in [0.3, 0.4) is 0 Å². The van der Waals surface area contributed by atoms with E-state index in [2.05, 4.69) is 91.0 Å². The standard InChI is InChI=1S/C39H23N3O/c1-3-9-24(10-4-1)29-14-7-15-30(23-29)38-40-37(28-11-5-2-6-12-28)41-39(42-38)31-22-21-27-20-19-26-18-17-25-13-8-16-32-33(25)34(26)35(27)36(31)43-32/h1-23H. The van der Waals surface area contributed by atoms with Crippen LogP contribution in [-0.4, -0.2) is 15.0 Å². The highest BCUT2D eigenvalue weighted by Crippen LogP contribution is 2.50. The lowest BCUT2D eigenvalue weighted by molar-refractivity contribution is 0.494. The summed E-state index contributed by atoms with van der Waals surface area (Å²) in [6, 6.07) is 48.0. The Morgan fingerprint density at radius 1 is 0.372 bits per heavy atom. The van der Waals surface area contributed by atoms with Gasteiger partial charge in [-0.25, -0.2) is 15.0 Å². The van der Waals surface area contributed by atoms with E-state index in [0.717, 1.165) is 55.5 Å². The Morgan fingerprint density at radius 3 is 1.70 bits per heavy atom. The number of aromatic nitrogens is 3. The highest BCUT2D eigenvalue weighted by Gasteiger charge is 2.24. The van der Waals surface area contributed by atoms with Gasteiger partial charge in [-0.3, -0.25) is 0 Å². The van der Waals surface area contributed by atoms with Gasteiger partial charge in [0.15, 0.2) is 17.5 Å². The van der Waals surface area contributed by atoms with Crippen molar-refractivity contribution in [2.24, 2.45) is 0 Å². The molecule has 0 amide bonds. The van der Waals surface area contributed by atoms with Gasteiger partial charge < -0.3 is 4.74 Å². The van der Waals surface area contributed by atoms with Crippen molar-refractivity contribution < 1.29 is 4.74 Å². The van der Waals surface area contributed by atoms with E-state index >= 15 is 0 Å². The van der Waals surface area contributed by atoms with E-state index in [1.165, 1.54) is 16.2 Å². The third kappa shape index (κ3) is 3.81. The van der Waals surface area contributed by atoms with E-state index in [0.29, 0.717) is 17.5 Å². The highest BCUT2D eigenvalue weighted by atomic mass is 16.5. The van der Waals surface area contributed by atoms with Crippen molar-refractivity contribution in [2.75, 3.05) is 0 Å². The molecule has 1 aliphatic heterocycles. The highest BCUT2D eigenvalue weighted by molar-refractivity contribution is 6.25. The lowest BCUT2D eigenvalue weighted by atomic mass is 9.92. The molecule has 1 aliphatic rings. The van der Waals surface area contributed by atoms with E-state index in [4.69, 9.17) is 19.7 Å². The molecule has 0 bridgehead atoms. The molecule has 4 nitrogen and oxygen atoms in total. The summed E-state index contributed by atoms with van der Waals surface area (Å²) < 4.78 is 6.74. The summed E-state index contributed by atoms with van der Waals surface area (Å²) >= 11 is 0. The quantitative estimate of drug-likeness (QED) is 0.205. The minimum Gasteiger partial charge on any atom is -0.455 e. The number of benzene rings is 7. The molecule has 0 N–H and O–H groups in total. The number of hydrogen-bond acceptors (Lipinski definition) is 4. The maximum atomic E-state index is 6.74. The molecular weight excluding hydrogens is 526 g/mol. The summed E-state index contributed by atoms with van der Waals surface area (Å²) in [7, 11) is 0. The Balaban J connectivity index is 1.31. The Labute approximate surface area is 247 Å². The van der Waals surface area contributed by atoms with E-state index < -0.39 is 0 Å². The van der Waals surface area contributed by atoms with Crippen molar-refractivity contribution in [3.63, 3.8) is 0 Å². The first-order chi connectivity index (χ1) is 21.3. The Hall–Kier alpha value is -5.87. The fourth-order valence-electron chi connectivity index (χ4n) is 6.23. The van der Waals surface area contributed by atoms with Gasteiger partial charge in [-0.1, -0.05) is 121 Å². The summed E-state index contributed by atoms with van der Waals surface area (Å²) in [5.74, 6) is 3.45. The van der Waals surface area contributed by atoms with Crippen LogP contribution < -0.4 is 4.74 Å². The molecule has 0 aliphatic carbocycles. The molecule has 200 valence electrons. The molecule has 9 rings (SSSR count). The van der Waals surface area contributed by atoms with Gasteiger partial charge in [-0.05, 0) is 45.5 Å². The zero-order valence-corrected chi connectivity index (χ0v) is 23.0. The number of rotatable bonds is 4.